The number of nitrogens with one attached hydrogen (secondary N) is 1. The molecule has 6 nitrogen and oxygen atoms in total. The fourth-order valence-electron chi connectivity index (χ4n) is 5.58. The molecule has 5 rings (SSSR count). The largest absolute Gasteiger partial charge is 0.494 e. The van der Waals surface area contributed by atoms with Gasteiger partial charge in [0.05, 0.1) is 11.5 Å². The van der Waals surface area contributed by atoms with Gasteiger partial charge in [-0.3, -0.25) is 14.6 Å². The average Bonchev–Trinajstić information content (AvgIpc) is 3.37. The van der Waals surface area contributed by atoms with Gasteiger partial charge in [-0.25, -0.2) is 0 Å². The lowest BCUT2D eigenvalue weighted by molar-refractivity contribution is 0.0785. The van der Waals surface area contributed by atoms with Crippen LogP contribution >= 0.6 is 11.3 Å². The SMILES string of the molecule is CCCCCCCCCOc1ccc2cc(C(=O)N(C)Cc3cccc(-c4ccc(Cc5sc(=O)[nH]c5O)cc4)c3)ccc2c1. The standard InChI is InChI=1S/C38H42N2O4S/c1-3-4-5-6-7-8-9-21-44-34-20-19-31-24-33(18-17-32(31)25-34)37(42)40(2)26-28-11-10-12-30(22-28)29-15-13-27(14-16-29)23-35-36(41)39-38(43)45-35/h10-20,22,24-25,41H,3-9,21,23,26H2,1-2H3,(H,39,43). The molecule has 0 fully saturated rings. The van der Waals surface area contributed by atoms with Gasteiger partial charge in [-0.1, -0.05) is 111 Å². The van der Waals surface area contributed by atoms with Gasteiger partial charge in [0.1, 0.15) is 5.75 Å². The fourth-order valence-corrected chi connectivity index (χ4v) is 6.34. The van der Waals surface area contributed by atoms with Crippen molar-refractivity contribution in [2.24, 2.45) is 0 Å². The lowest BCUT2D eigenvalue weighted by Crippen LogP contribution is -2.26. The lowest BCUT2D eigenvalue weighted by Gasteiger charge is -2.18. The van der Waals surface area contributed by atoms with Crippen molar-refractivity contribution in [3.8, 4) is 22.8 Å². The van der Waals surface area contributed by atoms with E-state index in [2.05, 4.69) is 30.1 Å². The van der Waals surface area contributed by atoms with Gasteiger partial charge in [0.2, 0.25) is 5.88 Å². The number of aromatic hydroxyl groups is 1. The number of carbonyl (C=O) groups is 1. The number of rotatable bonds is 15. The molecule has 0 saturated carbocycles. The van der Waals surface area contributed by atoms with Crippen LogP contribution in [0.25, 0.3) is 21.9 Å². The zero-order valence-electron chi connectivity index (χ0n) is 26.2. The van der Waals surface area contributed by atoms with E-state index in [9.17, 15) is 14.7 Å². The normalized spacial score (nSPS) is 11.2. The summed E-state index contributed by atoms with van der Waals surface area (Å²) in [6.07, 6.45) is 9.32. The molecule has 4 aromatic carbocycles. The predicted octanol–water partition coefficient (Wildman–Crippen LogP) is 8.95. The van der Waals surface area contributed by atoms with Crippen LogP contribution in [0.2, 0.25) is 0 Å². The van der Waals surface area contributed by atoms with Gasteiger partial charge >= 0.3 is 4.87 Å². The number of hydrogen-bond donors (Lipinski definition) is 2. The van der Waals surface area contributed by atoms with E-state index in [1.54, 1.807) is 4.90 Å². The molecule has 7 heteroatoms. The number of unbranched alkanes of at least 4 members (excludes halogenated alkanes) is 6. The van der Waals surface area contributed by atoms with Crippen LogP contribution in [0.4, 0.5) is 0 Å². The van der Waals surface area contributed by atoms with E-state index in [0.717, 1.165) is 63.1 Å². The smallest absolute Gasteiger partial charge is 0.307 e. The maximum Gasteiger partial charge on any atom is 0.307 e. The summed E-state index contributed by atoms with van der Waals surface area (Å²) in [5.41, 5.74) is 4.82. The number of thiazole rings is 1. The zero-order valence-corrected chi connectivity index (χ0v) is 27.0. The van der Waals surface area contributed by atoms with Crippen LogP contribution in [0.5, 0.6) is 11.6 Å². The number of H-pyrrole nitrogens is 1. The third-order valence-corrected chi connectivity index (χ3v) is 8.99. The van der Waals surface area contributed by atoms with Gasteiger partial charge in [0.25, 0.3) is 5.91 Å². The molecule has 1 aromatic heterocycles. The first kappa shape index (κ1) is 32.0. The maximum atomic E-state index is 13.4. The van der Waals surface area contributed by atoms with Crippen molar-refractivity contribution < 1.29 is 14.6 Å². The Labute approximate surface area is 269 Å². The Morgan fingerprint density at radius 1 is 0.822 bits per heavy atom. The summed E-state index contributed by atoms with van der Waals surface area (Å²) in [5.74, 6) is 0.788. The van der Waals surface area contributed by atoms with E-state index < -0.39 is 0 Å². The molecular weight excluding hydrogens is 580 g/mol. The number of hydrogen-bond acceptors (Lipinski definition) is 5. The molecule has 0 radical (unpaired) electrons. The van der Waals surface area contributed by atoms with Crippen LogP contribution in [-0.2, 0) is 13.0 Å². The average molecular weight is 623 g/mol. The first-order chi connectivity index (χ1) is 21.9. The van der Waals surface area contributed by atoms with Crippen LogP contribution in [-0.4, -0.2) is 34.6 Å². The highest BCUT2D eigenvalue weighted by molar-refractivity contribution is 7.09. The third kappa shape index (κ3) is 8.85. The minimum Gasteiger partial charge on any atom is -0.494 e. The minimum absolute atomic E-state index is 0.0266. The second-order valence-electron chi connectivity index (χ2n) is 11.7. The number of fused-ring (bicyclic) bond motifs is 1. The molecule has 2 N–H and O–H groups in total. The molecule has 1 amide bonds. The summed E-state index contributed by atoms with van der Waals surface area (Å²) < 4.78 is 6.01. The molecule has 0 spiro atoms. The third-order valence-electron chi connectivity index (χ3n) is 8.12. The Morgan fingerprint density at radius 2 is 1.56 bits per heavy atom. The number of nitrogens with zero attached hydrogens (tertiary/aromatic N) is 1. The summed E-state index contributed by atoms with van der Waals surface area (Å²) in [6, 6.07) is 28.2. The van der Waals surface area contributed by atoms with Gasteiger partial charge in [0, 0.05) is 25.6 Å². The van der Waals surface area contributed by atoms with E-state index in [0.29, 0.717) is 23.4 Å². The molecule has 0 aliphatic heterocycles. The number of ether oxygens (including phenoxy) is 1. The highest BCUT2D eigenvalue weighted by Gasteiger charge is 2.14. The van der Waals surface area contributed by atoms with Crippen molar-refractivity contribution >= 4 is 28.0 Å². The van der Waals surface area contributed by atoms with Crippen molar-refractivity contribution in [3.05, 3.63) is 116 Å². The van der Waals surface area contributed by atoms with Gasteiger partial charge in [-0.2, -0.15) is 0 Å². The Hall–Kier alpha value is -4.36. The Kier molecular flexibility index (Phi) is 11.1. The quantitative estimate of drug-likeness (QED) is 0.114. The van der Waals surface area contributed by atoms with Gasteiger partial charge in [-0.15, -0.1) is 0 Å². The number of carbonyl (C=O) groups excluding carboxylic acids is 1. The van der Waals surface area contributed by atoms with Crippen molar-refractivity contribution in [2.75, 3.05) is 13.7 Å². The van der Waals surface area contributed by atoms with Crippen LogP contribution in [0.15, 0.2) is 89.7 Å². The summed E-state index contributed by atoms with van der Waals surface area (Å²) in [5, 5.41) is 12.0. The molecular formula is C38H42N2O4S. The van der Waals surface area contributed by atoms with Crippen LogP contribution < -0.4 is 9.61 Å². The molecule has 0 saturated heterocycles. The highest BCUT2D eigenvalue weighted by Crippen LogP contribution is 2.26. The Balaban J connectivity index is 1.16. The summed E-state index contributed by atoms with van der Waals surface area (Å²) in [7, 11) is 1.83. The molecule has 1 heterocycles. The topological polar surface area (TPSA) is 82.6 Å². The van der Waals surface area contributed by atoms with Gasteiger partial charge in [-0.05, 0) is 69.8 Å². The van der Waals surface area contributed by atoms with Crippen LogP contribution in [0.3, 0.4) is 0 Å². The zero-order chi connectivity index (χ0) is 31.6. The van der Waals surface area contributed by atoms with E-state index >= 15 is 0 Å². The second-order valence-corrected chi connectivity index (χ2v) is 12.8. The number of amides is 1. The number of benzene rings is 4. The predicted molar refractivity (Wildman–Crippen MR) is 185 cm³/mol. The maximum absolute atomic E-state index is 13.4. The Bertz CT molecular complexity index is 1770. The fraction of sp³-hybridized carbons (Fsp3) is 0.316. The first-order valence-electron chi connectivity index (χ1n) is 15.9. The number of aromatic amines is 1. The molecule has 0 bridgehead atoms. The van der Waals surface area contributed by atoms with E-state index in [-0.39, 0.29) is 16.7 Å². The molecule has 0 aliphatic carbocycles. The highest BCUT2D eigenvalue weighted by atomic mass is 32.1. The van der Waals surface area contributed by atoms with Crippen LogP contribution in [0.1, 0.15) is 78.2 Å². The summed E-state index contributed by atoms with van der Waals surface area (Å²) in [6.45, 7) is 3.46. The van der Waals surface area contributed by atoms with E-state index in [4.69, 9.17) is 4.74 Å². The van der Waals surface area contributed by atoms with Gasteiger partial charge in [0.15, 0.2) is 0 Å². The van der Waals surface area contributed by atoms with E-state index in [1.807, 2.05) is 73.8 Å². The number of aromatic nitrogens is 1. The van der Waals surface area contributed by atoms with Crippen molar-refractivity contribution in [2.45, 2.75) is 64.8 Å². The van der Waals surface area contributed by atoms with Crippen molar-refractivity contribution in [1.29, 1.82) is 0 Å². The molecule has 5 aromatic rings. The van der Waals surface area contributed by atoms with Crippen LogP contribution in [0, 0.1) is 0 Å². The minimum atomic E-state index is -0.256. The summed E-state index contributed by atoms with van der Waals surface area (Å²) in [4.78, 5) is 29.4. The molecule has 45 heavy (non-hydrogen) atoms. The molecule has 0 unspecified atom stereocenters. The first-order valence-corrected chi connectivity index (χ1v) is 16.7. The lowest BCUT2D eigenvalue weighted by atomic mass is 10.0. The molecule has 0 aliphatic rings. The molecule has 234 valence electrons. The molecule has 0 atom stereocenters. The monoisotopic (exact) mass is 622 g/mol. The Morgan fingerprint density at radius 3 is 2.31 bits per heavy atom. The van der Waals surface area contributed by atoms with E-state index in [1.165, 1.54) is 38.5 Å². The van der Waals surface area contributed by atoms with Crippen molar-refractivity contribution in [1.82, 2.24) is 9.88 Å². The second kappa shape index (κ2) is 15.6. The van der Waals surface area contributed by atoms with Gasteiger partial charge < -0.3 is 14.7 Å². The van der Waals surface area contributed by atoms with Crippen molar-refractivity contribution in [3.63, 3.8) is 0 Å². The summed E-state index contributed by atoms with van der Waals surface area (Å²) >= 11 is 1.03.